The lowest BCUT2D eigenvalue weighted by Crippen LogP contribution is -2.38. The zero-order valence-electron chi connectivity index (χ0n) is 25.7. The molecule has 4 aromatic carbocycles. The zero-order valence-corrected chi connectivity index (χ0v) is 28.8. The summed E-state index contributed by atoms with van der Waals surface area (Å²) >= 11 is 18.6. The molecule has 0 unspecified atom stereocenters. The van der Waals surface area contributed by atoms with Crippen molar-refractivity contribution in [3.63, 3.8) is 0 Å². The molecule has 1 aromatic heterocycles. The van der Waals surface area contributed by atoms with Crippen molar-refractivity contribution in [3.05, 3.63) is 125 Å². The minimum absolute atomic E-state index is 0.0162. The number of aliphatic hydroxyl groups excluding tert-OH is 1. The van der Waals surface area contributed by atoms with Crippen molar-refractivity contribution in [2.75, 3.05) is 5.75 Å². The normalized spacial score (nSPS) is 19.6. The number of tetrazole rings is 1. The van der Waals surface area contributed by atoms with E-state index >= 15 is 0 Å². The first kappa shape index (κ1) is 34.4. The molecule has 1 amide bonds. The van der Waals surface area contributed by atoms with Gasteiger partial charge in [-0.25, -0.2) is 0 Å². The van der Waals surface area contributed by atoms with Crippen LogP contribution in [0.3, 0.4) is 0 Å². The van der Waals surface area contributed by atoms with Gasteiger partial charge in [0.15, 0.2) is 6.29 Å². The molecule has 2 N–H and O–H groups in total. The second kappa shape index (κ2) is 15.4. The number of hydrogen-bond donors (Lipinski definition) is 2. The maximum atomic E-state index is 12.1. The summed E-state index contributed by atoms with van der Waals surface area (Å²) in [7, 11) is 0. The van der Waals surface area contributed by atoms with E-state index in [1.807, 2.05) is 103 Å². The molecule has 6 rings (SSSR count). The number of halogens is 3. The molecule has 1 fully saturated rings. The van der Waals surface area contributed by atoms with E-state index < -0.39 is 16.0 Å². The Kier molecular flexibility index (Phi) is 11.0. The smallest absolute Gasteiger partial charge is 0.272 e. The number of nitrogens with zero attached hydrogens (tertiary/aromatic N) is 4. The van der Waals surface area contributed by atoms with Crippen molar-refractivity contribution < 1.29 is 19.4 Å². The summed E-state index contributed by atoms with van der Waals surface area (Å²) in [5.74, 6) is -0.121. The van der Waals surface area contributed by atoms with Gasteiger partial charge in [-0.1, -0.05) is 132 Å². The van der Waals surface area contributed by atoms with Crippen molar-refractivity contribution in [2.45, 2.75) is 47.5 Å². The van der Waals surface area contributed by atoms with Crippen LogP contribution in [0.15, 0.2) is 108 Å². The molecule has 248 valence electrons. The van der Waals surface area contributed by atoms with Gasteiger partial charge in [0.25, 0.3) is 9.70 Å². The van der Waals surface area contributed by atoms with Gasteiger partial charge in [-0.3, -0.25) is 4.79 Å². The Morgan fingerprint density at radius 3 is 2.35 bits per heavy atom. The number of alkyl halides is 3. The van der Waals surface area contributed by atoms with Gasteiger partial charge in [-0.05, 0) is 62.5 Å². The molecule has 0 bridgehead atoms. The highest BCUT2D eigenvalue weighted by atomic mass is 35.6. The van der Waals surface area contributed by atoms with Crippen LogP contribution in [0.4, 0.5) is 0 Å². The van der Waals surface area contributed by atoms with Gasteiger partial charge in [0, 0.05) is 23.8 Å². The Bertz CT molecular complexity index is 1840. The Labute approximate surface area is 297 Å². The van der Waals surface area contributed by atoms with Crippen molar-refractivity contribution in [1.82, 2.24) is 25.5 Å². The van der Waals surface area contributed by atoms with Crippen LogP contribution in [0.2, 0.25) is 0 Å². The highest BCUT2D eigenvalue weighted by molar-refractivity contribution is 7.99. The third-order valence-electron chi connectivity index (χ3n) is 8.07. The summed E-state index contributed by atoms with van der Waals surface area (Å²) < 4.78 is 13.1. The summed E-state index contributed by atoms with van der Waals surface area (Å²) in [5, 5.41) is 25.3. The van der Waals surface area contributed by atoms with E-state index in [2.05, 4.69) is 27.8 Å². The van der Waals surface area contributed by atoms with Crippen LogP contribution in [-0.4, -0.2) is 46.9 Å². The second-order valence-corrected chi connectivity index (χ2v) is 14.6. The number of aliphatic hydroxyl groups is 1. The maximum absolute atomic E-state index is 12.1. The number of carbonyl (C=O) groups is 1. The van der Waals surface area contributed by atoms with Crippen LogP contribution in [0.25, 0.3) is 16.8 Å². The highest BCUT2D eigenvalue weighted by Crippen LogP contribution is 2.43. The molecule has 1 aliphatic heterocycles. The molecule has 1 saturated heterocycles. The van der Waals surface area contributed by atoms with E-state index in [1.54, 1.807) is 4.68 Å². The Hall–Kier alpha value is -3.48. The summed E-state index contributed by atoms with van der Waals surface area (Å²) in [6.45, 7) is 2.29. The zero-order chi connectivity index (χ0) is 33.7. The van der Waals surface area contributed by atoms with Crippen LogP contribution in [0.1, 0.15) is 41.6 Å². The molecule has 0 spiro atoms. The molecule has 4 atom stereocenters. The molecule has 0 aliphatic carbocycles. The van der Waals surface area contributed by atoms with Crippen LogP contribution < -0.4 is 5.32 Å². The van der Waals surface area contributed by atoms with E-state index in [1.165, 1.54) is 11.8 Å². The third-order valence-corrected chi connectivity index (χ3v) is 9.59. The van der Waals surface area contributed by atoms with Crippen LogP contribution >= 0.6 is 46.6 Å². The van der Waals surface area contributed by atoms with Gasteiger partial charge in [-0.2, -0.15) is 4.68 Å². The number of aromatic nitrogens is 4. The van der Waals surface area contributed by atoms with Gasteiger partial charge < -0.3 is 19.9 Å². The molecule has 48 heavy (non-hydrogen) atoms. The second-order valence-electron chi connectivity index (χ2n) is 11.3. The monoisotopic (exact) mass is 723 g/mol. The quantitative estimate of drug-likeness (QED) is 0.113. The number of carbonyl (C=O) groups excluding carboxylic acids is 1. The fourth-order valence-electron chi connectivity index (χ4n) is 5.47. The molecule has 9 nitrogen and oxygen atoms in total. The fraction of sp³-hybridized carbons (Fsp3) is 0.257. The number of benzene rings is 4. The SMILES string of the molecule is C[C@H]1[C@@H](CSc2nnnn2-c2ccccc2)O[C@@H](c2cccc(-c3cccc(CNC(=O)C(Cl)(Cl)Cl)c3)c2)O[C@H]1c1ccc(CO)cc1. The topological polar surface area (TPSA) is 111 Å². The van der Waals surface area contributed by atoms with Gasteiger partial charge in [0.1, 0.15) is 0 Å². The third kappa shape index (κ3) is 8.20. The lowest BCUT2D eigenvalue weighted by Gasteiger charge is -2.41. The number of nitrogens with one attached hydrogen (secondary N) is 1. The minimum atomic E-state index is -2.03. The first-order valence-electron chi connectivity index (χ1n) is 15.2. The summed E-state index contributed by atoms with van der Waals surface area (Å²) in [5.41, 5.74) is 6.30. The van der Waals surface area contributed by atoms with Crippen LogP contribution in [0, 0.1) is 5.92 Å². The fourth-order valence-corrected chi connectivity index (χ4v) is 6.73. The molecular formula is C35H32Cl3N5O4S. The van der Waals surface area contributed by atoms with E-state index in [4.69, 9.17) is 44.3 Å². The molecule has 2 heterocycles. The van der Waals surface area contributed by atoms with Crippen molar-refractivity contribution in [1.29, 1.82) is 0 Å². The molecule has 5 aromatic rings. The van der Waals surface area contributed by atoms with E-state index in [9.17, 15) is 9.90 Å². The van der Waals surface area contributed by atoms with Gasteiger partial charge >= 0.3 is 0 Å². The number of thioether (sulfide) groups is 1. The molecule has 0 radical (unpaired) electrons. The van der Waals surface area contributed by atoms with Crippen LogP contribution in [-0.2, 0) is 27.4 Å². The van der Waals surface area contributed by atoms with E-state index in [0.29, 0.717) is 10.9 Å². The number of amides is 1. The number of rotatable bonds is 10. The lowest BCUT2D eigenvalue weighted by atomic mass is 9.91. The van der Waals surface area contributed by atoms with Gasteiger partial charge in [0.2, 0.25) is 5.16 Å². The number of ether oxygens (including phenoxy) is 2. The average molecular weight is 725 g/mol. The van der Waals surface area contributed by atoms with Crippen molar-refractivity contribution >= 4 is 52.5 Å². The van der Waals surface area contributed by atoms with E-state index in [-0.39, 0.29) is 31.3 Å². The molecular weight excluding hydrogens is 693 g/mol. The maximum Gasteiger partial charge on any atom is 0.272 e. The first-order chi connectivity index (χ1) is 23.2. The van der Waals surface area contributed by atoms with Crippen molar-refractivity contribution in [2.24, 2.45) is 5.92 Å². The Morgan fingerprint density at radius 2 is 1.62 bits per heavy atom. The summed E-state index contributed by atoms with van der Waals surface area (Å²) in [6.07, 6.45) is -1.16. The average Bonchev–Trinajstić information content (AvgIpc) is 3.59. The number of hydrogen-bond acceptors (Lipinski definition) is 8. The van der Waals surface area contributed by atoms with Crippen LogP contribution in [0.5, 0.6) is 0 Å². The van der Waals surface area contributed by atoms with E-state index in [0.717, 1.165) is 39.1 Å². The minimum Gasteiger partial charge on any atom is -0.392 e. The summed E-state index contributed by atoms with van der Waals surface area (Å²) in [6, 6.07) is 33.4. The predicted molar refractivity (Wildman–Crippen MR) is 187 cm³/mol. The Morgan fingerprint density at radius 1 is 0.896 bits per heavy atom. The predicted octanol–water partition coefficient (Wildman–Crippen LogP) is 7.39. The standard InChI is InChI=1S/C35H32Cl3N5O4S/c1-22-30(21-48-34-40-41-42-43(34)29-11-3-2-4-12-29)46-32(47-31(22)25-15-13-23(20-44)14-16-25)28-10-6-9-27(18-28)26-8-5-7-24(17-26)19-39-33(45)35(36,37)38/h2-18,22,30-32,44H,19-21H2,1H3,(H,39,45)/t22-,30+,31+,32+/m0/s1. The van der Waals surface area contributed by atoms with Gasteiger partial charge in [-0.15, -0.1) is 5.10 Å². The van der Waals surface area contributed by atoms with Crippen molar-refractivity contribution in [3.8, 4) is 16.8 Å². The first-order valence-corrected chi connectivity index (χ1v) is 17.3. The lowest BCUT2D eigenvalue weighted by molar-refractivity contribution is -0.268. The largest absolute Gasteiger partial charge is 0.392 e. The number of para-hydroxylation sites is 1. The summed E-state index contributed by atoms with van der Waals surface area (Å²) in [4.78, 5) is 12.1. The molecule has 13 heteroatoms. The molecule has 1 aliphatic rings. The van der Waals surface area contributed by atoms with Gasteiger partial charge in [0.05, 0.1) is 24.5 Å². The highest BCUT2D eigenvalue weighted by Gasteiger charge is 2.39. The molecule has 0 saturated carbocycles. The Balaban J connectivity index is 1.25.